The summed E-state index contributed by atoms with van der Waals surface area (Å²) in [6, 6.07) is 7.04. The molecule has 0 bridgehead atoms. The Morgan fingerprint density at radius 3 is 2.69 bits per heavy atom. The van der Waals surface area contributed by atoms with Crippen LogP contribution in [0.25, 0.3) is 0 Å². The average molecular weight is 378 g/mol. The Morgan fingerprint density at radius 1 is 1.23 bits per heavy atom. The van der Waals surface area contributed by atoms with E-state index in [0.29, 0.717) is 6.54 Å². The van der Waals surface area contributed by atoms with Gasteiger partial charge in [0.25, 0.3) is 0 Å². The first kappa shape index (κ1) is 20.3. The molecule has 0 fully saturated rings. The summed E-state index contributed by atoms with van der Waals surface area (Å²) in [5.74, 6) is 1.35. The number of aryl methyl sites for hydroxylation is 3. The van der Waals surface area contributed by atoms with Gasteiger partial charge in [-0.05, 0) is 55.9 Å². The van der Waals surface area contributed by atoms with Crippen LogP contribution >= 0.6 is 11.8 Å². The van der Waals surface area contributed by atoms with Crippen LogP contribution in [0.5, 0.6) is 0 Å². The van der Waals surface area contributed by atoms with E-state index in [0.717, 1.165) is 48.0 Å². The number of aliphatic imine (C=N–C) groups is 1. The summed E-state index contributed by atoms with van der Waals surface area (Å²) in [5, 5.41) is 11.1. The number of hydrogen-bond acceptors (Lipinski definition) is 3. The highest BCUT2D eigenvalue weighted by molar-refractivity contribution is 7.97. The fourth-order valence-electron chi connectivity index (χ4n) is 2.79. The molecule has 26 heavy (non-hydrogen) atoms. The zero-order chi connectivity index (χ0) is 18.9. The van der Waals surface area contributed by atoms with Crippen molar-refractivity contribution in [2.45, 2.75) is 39.1 Å². The second-order valence-electron chi connectivity index (χ2n) is 6.20. The van der Waals surface area contributed by atoms with Crippen LogP contribution in [0.1, 0.15) is 28.9 Å². The maximum absolute atomic E-state index is 13.4. The van der Waals surface area contributed by atoms with Crippen molar-refractivity contribution in [3.63, 3.8) is 0 Å². The molecule has 2 aromatic rings. The SMILES string of the molecule is CN=C(NCCCn1nc(C)cc1C)NCc1ccc(F)cc1CSC. The van der Waals surface area contributed by atoms with Crippen molar-refractivity contribution in [1.29, 1.82) is 0 Å². The van der Waals surface area contributed by atoms with Crippen LogP contribution in [0.3, 0.4) is 0 Å². The fraction of sp³-hybridized carbons (Fsp3) is 0.474. The lowest BCUT2D eigenvalue weighted by atomic mass is 10.1. The lowest BCUT2D eigenvalue weighted by molar-refractivity contribution is 0.555. The smallest absolute Gasteiger partial charge is 0.191 e. The Morgan fingerprint density at radius 2 is 2.04 bits per heavy atom. The molecule has 0 atom stereocenters. The largest absolute Gasteiger partial charge is 0.356 e. The van der Waals surface area contributed by atoms with Gasteiger partial charge in [0.2, 0.25) is 0 Å². The normalized spacial score (nSPS) is 11.7. The third-order valence-electron chi connectivity index (χ3n) is 4.08. The van der Waals surface area contributed by atoms with E-state index in [-0.39, 0.29) is 5.82 Å². The van der Waals surface area contributed by atoms with E-state index >= 15 is 0 Å². The van der Waals surface area contributed by atoms with E-state index in [2.05, 4.69) is 33.7 Å². The van der Waals surface area contributed by atoms with Gasteiger partial charge in [-0.3, -0.25) is 9.67 Å². The number of guanidine groups is 1. The Bertz CT molecular complexity index is 742. The van der Waals surface area contributed by atoms with E-state index in [9.17, 15) is 4.39 Å². The third-order valence-corrected chi connectivity index (χ3v) is 4.68. The topological polar surface area (TPSA) is 54.2 Å². The minimum Gasteiger partial charge on any atom is -0.356 e. The van der Waals surface area contributed by atoms with Gasteiger partial charge in [-0.15, -0.1) is 0 Å². The van der Waals surface area contributed by atoms with Crippen molar-refractivity contribution in [3.05, 3.63) is 52.6 Å². The van der Waals surface area contributed by atoms with E-state index in [1.165, 1.54) is 11.8 Å². The molecule has 1 aromatic carbocycles. The van der Waals surface area contributed by atoms with Gasteiger partial charge in [-0.25, -0.2) is 4.39 Å². The van der Waals surface area contributed by atoms with Crippen molar-refractivity contribution in [2.75, 3.05) is 19.8 Å². The average Bonchev–Trinajstić information content (AvgIpc) is 2.93. The summed E-state index contributed by atoms with van der Waals surface area (Å²) in [7, 11) is 1.75. The van der Waals surface area contributed by atoms with Gasteiger partial charge in [0.15, 0.2) is 5.96 Å². The molecule has 7 heteroatoms. The third kappa shape index (κ3) is 6.05. The van der Waals surface area contributed by atoms with Crippen LogP contribution in [0.2, 0.25) is 0 Å². The molecule has 0 unspecified atom stereocenters. The Balaban J connectivity index is 1.80. The maximum atomic E-state index is 13.4. The molecule has 0 amide bonds. The second kappa shape index (κ2) is 10.2. The first-order valence-electron chi connectivity index (χ1n) is 8.75. The Labute approximate surface area is 159 Å². The molecule has 5 nitrogen and oxygen atoms in total. The lowest BCUT2D eigenvalue weighted by Gasteiger charge is -2.14. The highest BCUT2D eigenvalue weighted by Gasteiger charge is 2.06. The van der Waals surface area contributed by atoms with Gasteiger partial charge < -0.3 is 10.6 Å². The highest BCUT2D eigenvalue weighted by atomic mass is 32.2. The molecule has 0 saturated heterocycles. The molecule has 0 aliphatic heterocycles. The van der Waals surface area contributed by atoms with Gasteiger partial charge >= 0.3 is 0 Å². The number of aromatic nitrogens is 2. The summed E-state index contributed by atoms with van der Waals surface area (Å²) in [6.45, 7) is 6.38. The van der Waals surface area contributed by atoms with Crippen molar-refractivity contribution in [2.24, 2.45) is 4.99 Å². The predicted octanol–water partition coefficient (Wildman–Crippen LogP) is 3.26. The van der Waals surface area contributed by atoms with Crippen molar-refractivity contribution in [1.82, 2.24) is 20.4 Å². The molecular weight excluding hydrogens is 349 g/mol. The number of halogens is 1. The molecule has 2 N–H and O–H groups in total. The summed E-state index contributed by atoms with van der Waals surface area (Å²) < 4.78 is 15.5. The molecule has 2 rings (SSSR count). The summed E-state index contributed by atoms with van der Waals surface area (Å²) in [6.07, 6.45) is 2.97. The van der Waals surface area contributed by atoms with Crippen LogP contribution < -0.4 is 10.6 Å². The van der Waals surface area contributed by atoms with Gasteiger partial charge in [0.1, 0.15) is 5.82 Å². The summed E-state index contributed by atoms with van der Waals surface area (Å²) >= 11 is 1.69. The standard InChI is InChI=1S/C19H28FN5S/c1-14-10-15(2)25(24-14)9-5-8-22-19(21-3)23-12-16-6-7-18(20)11-17(16)13-26-4/h6-7,10-11H,5,8-9,12-13H2,1-4H3,(H2,21,22,23). The minimum absolute atomic E-state index is 0.190. The predicted molar refractivity (Wildman–Crippen MR) is 108 cm³/mol. The molecule has 0 aliphatic carbocycles. The van der Waals surface area contributed by atoms with Gasteiger partial charge in [-0.1, -0.05) is 6.07 Å². The quantitative estimate of drug-likeness (QED) is 0.421. The van der Waals surface area contributed by atoms with Gasteiger partial charge in [-0.2, -0.15) is 16.9 Å². The van der Waals surface area contributed by atoms with E-state index in [1.807, 2.05) is 23.9 Å². The van der Waals surface area contributed by atoms with Crippen molar-refractivity contribution < 1.29 is 4.39 Å². The zero-order valence-corrected chi connectivity index (χ0v) is 16.8. The van der Waals surface area contributed by atoms with Gasteiger partial charge in [0, 0.05) is 38.1 Å². The Hall–Kier alpha value is -2.02. The van der Waals surface area contributed by atoms with Crippen LogP contribution in [-0.2, 0) is 18.8 Å². The van der Waals surface area contributed by atoms with Crippen LogP contribution in [0, 0.1) is 19.7 Å². The van der Waals surface area contributed by atoms with E-state index in [1.54, 1.807) is 24.9 Å². The Kier molecular flexibility index (Phi) is 7.97. The molecule has 1 heterocycles. The zero-order valence-electron chi connectivity index (χ0n) is 16.0. The number of thioether (sulfide) groups is 1. The number of nitrogens with zero attached hydrogens (tertiary/aromatic N) is 3. The van der Waals surface area contributed by atoms with Crippen LogP contribution in [0.15, 0.2) is 29.3 Å². The molecule has 0 radical (unpaired) electrons. The molecular formula is C19H28FN5S. The molecule has 0 saturated carbocycles. The first-order chi connectivity index (χ1) is 12.5. The molecule has 142 valence electrons. The van der Waals surface area contributed by atoms with E-state index < -0.39 is 0 Å². The molecule has 0 spiro atoms. The maximum Gasteiger partial charge on any atom is 0.191 e. The van der Waals surface area contributed by atoms with Crippen molar-refractivity contribution in [3.8, 4) is 0 Å². The molecule has 0 aliphatic rings. The van der Waals surface area contributed by atoms with Gasteiger partial charge in [0.05, 0.1) is 5.69 Å². The number of rotatable bonds is 8. The van der Waals surface area contributed by atoms with E-state index in [4.69, 9.17) is 0 Å². The van der Waals surface area contributed by atoms with Crippen LogP contribution in [-0.4, -0.2) is 35.6 Å². The number of hydrogen-bond donors (Lipinski definition) is 2. The number of nitrogens with one attached hydrogen (secondary N) is 2. The first-order valence-corrected chi connectivity index (χ1v) is 10.1. The van der Waals surface area contributed by atoms with Crippen molar-refractivity contribution >= 4 is 17.7 Å². The lowest BCUT2D eigenvalue weighted by Crippen LogP contribution is -2.37. The summed E-state index contributed by atoms with van der Waals surface area (Å²) in [5.41, 5.74) is 4.34. The molecule has 1 aromatic heterocycles. The monoisotopic (exact) mass is 377 g/mol. The fourth-order valence-corrected chi connectivity index (χ4v) is 3.37. The minimum atomic E-state index is -0.190. The highest BCUT2D eigenvalue weighted by Crippen LogP contribution is 2.16. The van der Waals surface area contributed by atoms with Crippen LogP contribution in [0.4, 0.5) is 4.39 Å². The summed E-state index contributed by atoms with van der Waals surface area (Å²) in [4.78, 5) is 4.26. The number of benzene rings is 1. The second-order valence-corrected chi connectivity index (χ2v) is 7.07.